The summed E-state index contributed by atoms with van der Waals surface area (Å²) >= 11 is 3.50. The first-order valence-electron chi connectivity index (χ1n) is 9.92. The van der Waals surface area contributed by atoms with Crippen molar-refractivity contribution in [1.29, 1.82) is 0 Å². The Morgan fingerprint density at radius 3 is 2.43 bits per heavy atom. The Morgan fingerprint density at radius 1 is 0.900 bits per heavy atom. The molecule has 0 aliphatic carbocycles. The number of anilines is 1. The Labute approximate surface area is 183 Å². The van der Waals surface area contributed by atoms with E-state index in [0.29, 0.717) is 12.0 Å². The lowest BCUT2D eigenvalue weighted by molar-refractivity contribution is -0.119. The van der Waals surface area contributed by atoms with Crippen molar-refractivity contribution in [2.45, 2.75) is 18.9 Å². The summed E-state index contributed by atoms with van der Waals surface area (Å²) in [6.45, 7) is 0.226. The van der Waals surface area contributed by atoms with Crippen molar-refractivity contribution in [2.24, 2.45) is 0 Å². The van der Waals surface area contributed by atoms with Gasteiger partial charge in [-0.3, -0.25) is 4.79 Å². The molecule has 4 aromatic carbocycles. The molecule has 0 N–H and O–H groups in total. The van der Waals surface area contributed by atoms with Crippen LogP contribution in [0.4, 0.5) is 10.1 Å². The second kappa shape index (κ2) is 7.69. The number of hydrogen-bond donors (Lipinski definition) is 0. The summed E-state index contributed by atoms with van der Waals surface area (Å²) in [5.74, 6) is -0.319. The molecule has 148 valence electrons. The molecule has 1 atom stereocenters. The van der Waals surface area contributed by atoms with E-state index in [-0.39, 0.29) is 24.2 Å². The van der Waals surface area contributed by atoms with Gasteiger partial charge in [0.1, 0.15) is 5.82 Å². The maximum Gasteiger partial charge on any atom is 0.228 e. The van der Waals surface area contributed by atoms with E-state index in [1.165, 1.54) is 6.07 Å². The molecule has 0 aromatic heterocycles. The molecule has 0 radical (unpaired) electrons. The topological polar surface area (TPSA) is 20.3 Å². The summed E-state index contributed by atoms with van der Waals surface area (Å²) in [5, 5.41) is 2.27. The Bertz CT molecular complexity index is 1250. The summed E-state index contributed by atoms with van der Waals surface area (Å²) in [6, 6.07) is 27.1. The second-order valence-corrected chi connectivity index (χ2v) is 8.51. The molecule has 4 heteroatoms. The molecule has 0 bridgehead atoms. The molecule has 0 spiro atoms. The lowest BCUT2D eigenvalue weighted by atomic mass is 9.81. The van der Waals surface area contributed by atoms with Crippen LogP contribution in [0.5, 0.6) is 0 Å². The molecular weight excluding hydrogens is 441 g/mol. The van der Waals surface area contributed by atoms with Crippen LogP contribution in [0.2, 0.25) is 0 Å². The zero-order chi connectivity index (χ0) is 20.7. The fraction of sp³-hybridized carbons (Fsp3) is 0.115. The molecule has 0 saturated heterocycles. The number of halogens is 2. The van der Waals surface area contributed by atoms with Crippen molar-refractivity contribution < 1.29 is 9.18 Å². The van der Waals surface area contributed by atoms with E-state index in [0.717, 1.165) is 32.1 Å². The van der Waals surface area contributed by atoms with Gasteiger partial charge in [0.05, 0.1) is 6.54 Å². The lowest BCUT2D eigenvalue weighted by Gasteiger charge is -2.35. The van der Waals surface area contributed by atoms with Crippen molar-refractivity contribution in [2.75, 3.05) is 4.90 Å². The van der Waals surface area contributed by atoms with Crippen LogP contribution in [0.15, 0.2) is 89.4 Å². The van der Waals surface area contributed by atoms with Crippen molar-refractivity contribution in [3.8, 4) is 0 Å². The van der Waals surface area contributed by atoms with E-state index in [2.05, 4.69) is 40.2 Å². The van der Waals surface area contributed by atoms with E-state index in [9.17, 15) is 9.18 Å². The average molecular weight is 460 g/mol. The van der Waals surface area contributed by atoms with Crippen molar-refractivity contribution in [1.82, 2.24) is 0 Å². The molecular formula is C26H19BrFNO. The smallest absolute Gasteiger partial charge is 0.228 e. The average Bonchev–Trinajstić information content (AvgIpc) is 2.77. The Morgan fingerprint density at radius 2 is 1.63 bits per heavy atom. The second-order valence-electron chi connectivity index (χ2n) is 7.60. The molecule has 1 aliphatic rings. The summed E-state index contributed by atoms with van der Waals surface area (Å²) in [4.78, 5) is 15.0. The fourth-order valence-corrected chi connectivity index (χ4v) is 4.62. The highest BCUT2D eigenvalue weighted by Crippen LogP contribution is 2.44. The normalized spacial score (nSPS) is 16.0. The van der Waals surface area contributed by atoms with Crippen molar-refractivity contribution >= 4 is 38.3 Å². The number of carbonyl (C=O) groups excluding carboxylic acids is 1. The molecule has 1 heterocycles. The zero-order valence-electron chi connectivity index (χ0n) is 16.2. The Hall–Kier alpha value is -2.98. The standard InChI is InChI=1S/C26H19BrFNO/c27-20-12-9-18(10-13-20)22-15-25(30)29(16-19-6-2-4-8-23(19)28)24-14-11-17-5-1-3-7-21(17)26(22)24/h1-14,22H,15-16H2. The first kappa shape index (κ1) is 19.0. The molecule has 1 amide bonds. The highest BCUT2D eigenvalue weighted by molar-refractivity contribution is 9.10. The minimum Gasteiger partial charge on any atom is -0.308 e. The van der Waals surface area contributed by atoms with Gasteiger partial charge in [-0.25, -0.2) is 4.39 Å². The number of rotatable bonds is 3. The van der Waals surface area contributed by atoms with Crippen LogP contribution in [0.3, 0.4) is 0 Å². The first-order valence-corrected chi connectivity index (χ1v) is 10.7. The summed E-state index contributed by atoms with van der Waals surface area (Å²) in [7, 11) is 0. The van der Waals surface area contributed by atoms with Gasteiger partial charge in [-0.2, -0.15) is 0 Å². The Balaban J connectivity index is 1.69. The number of benzene rings is 4. The van der Waals surface area contributed by atoms with Crippen LogP contribution in [-0.2, 0) is 11.3 Å². The van der Waals surface area contributed by atoms with Gasteiger partial charge in [0, 0.05) is 28.1 Å². The van der Waals surface area contributed by atoms with Gasteiger partial charge < -0.3 is 4.90 Å². The third kappa shape index (κ3) is 3.31. The molecule has 5 rings (SSSR count). The van der Waals surface area contributed by atoms with E-state index in [1.54, 1.807) is 23.1 Å². The SMILES string of the molecule is O=C1CC(c2ccc(Br)cc2)c2c(ccc3ccccc23)N1Cc1ccccc1F. The maximum atomic E-state index is 14.3. The lowest BCUT2D eigenvalue weighted by Crippen LogP contribution is -2.36. The van der Waals surface area contributed by atoms with Crippen LogP contribution >= 0.6 is 15.9 Å². The predicted molar refractivity (Wildman–Crippen MR) is 122 cm³/mol. The number of carbonyl (C=O) groups is 1. The molecule has 0 saturated carbocycles. The highest BCUT2D eigenvalue weighted by Gasteiger charge is 2.33. The number of fused-ring (bicyclic) bond motifs is 3. The molecule has 0 fully saturated rings. The predicted octanol–water partition coefficient (Wildman–Crippen LogP) is 6.81. The Kier molecular flexibility index (Phi) is 4.87. The maximum absolute atomic E-state index is 14.3. The highest BCUT2D eigenvalue weighted by atomic mass is 79.9. The van der Waals surface area contributed by atoms with Gasteiger partial charge in [-0.05, 0) is 46.2 Å². The summed E-state index contributed by atoms with van der Waals surface area (Å²) in [6.07, 6.45) is 0.358. The van der Waals surface area contributed by atoms with Gasteiger partial charge >= 0.3 is 0 Å². The van der Waals surface area contributed by atoms with Crippen LogP contribution in [0, 0.1) is 5.82 Å². The van der Waals surface area contributed by atoms with Gasteiger partial charge in [0.2, 0.25) is 5.91 Å². The molecule has 4 aromatic rings. The van der Waals surface area contributed by atoms with E-state index in [4.69, 9.17) is 0 Å². The zero-order valence-corrected chi connectivity index (χ0v) is 17.8. The van der Waals surface area contributed by atoms with Crippen LogP contribution in [0.1, 0.15) is 29.0 Å². The molecule has 30 heavy (non-hydrogen) atoms. The van der Waals surface area contributed by atoms with Gasteiger partial charge in [-0.15, -0.1) is 0 Å². The minimum absolute atomic E-state index is 0.00829. The van der Waals surface area contributed by atoms with E-state index < -0.39 is 0 Å². The largest absolute Gasteiger partial charge is 0.308 e. The van der Waals surface area contributed by atoms with Gasteiger partial charge in [-0.1, -0.05) is 76.6 Å². The van der Waals surface area contributed by atoms with Gasteiger partial charge in [0.25, 0.3) is 0 Å². The molecule has 2 nitrogen and oxygen atoms in total. The number of nitrogens with zero attached hydrogens (tertiary/aromatic N) is 1. The van der Waals surface area contributed by atoms with Crippen LogP contribution in [-0.4, -0.2) is 5.91 Å². The van der Waals surface area contributed by atoms with Crippen molar-refractivity contribution in [3.63, 3.8) is 0 Å². The number of amides is 1. The van der Waals surface area contributed by atoms with Gasteiger partial charge in [0.15, 0.2) is 0 Å². The fourth-order valence-electron chi connectivity index (χ4n) is 4.36. The molecule has 1 unspecified atom stereocenters. The third-order valence-corrected chi connectivity index (χ3v) is 6.35. The van der Waals surface area contributed by atoms with Crippen LogP contribution in [0.25, 0.3) is 10.8 Å². The van der Waals surface area contributed by atoms with Crippen LogP contribution < -0.4 is 4.90 Å². The third-order valence-electron chi connectivity index (χ3n) is 5.83. The van der Waals surface area contributed by atoms with E-state index >= 15 is 0 Å². The summed E-state index contributed by atoms with van der Waals surface area (Å²) < 4.78 is 15.3. The summed E-state index contributed by atoms with van der Waals surface area (Å²) in [5.41, 5.74) is 3.62. The minimum atomic E-state index is -0.289. The van der Waals surface area contributed by atoms with E-state index in [1.807, 2.05) is 36.4 Å². The van der Waals surface area contributed by atoms with Crippen molar-refractivity contribution in [3.05, 3.63) is 112 Å². The number of hydrogen-bond acceptors (Lipinski definition) is 1. The molecule has 1 aliphatic heterocycles. The quantitative estimate of drug-likeness (QED) is 0.329. The first-order chi connectivity index (χ1) is 14.6. The monoisotopic (exact) mass is 459 g/mol.